The van der Waals surface area contributed by atoms with Gasteiger partial charge in [-0.25, -0.2) is 4.79 Å². The smallest absolute Gasteiger partial charge is 0.321 e. The Morgan fingerprint density at radius 1 is 1.26 bits per heavy atom. The number of hydrogen-bond acceptors (Lipinski definition) is 6. The van der Waals surface area contributed by atoms with Gasteiger partial charge < -0.3 is 14.6 Å². The van der Waals surface area contributed by atoms with Gasteiger partial charge in [0.05, 0.1) is 6.42 Å². The number of ether oxygens (including phenoxy) is 1. The van der Waals surface area contributed by atoms with Crippen LogP contribution in [0.3, 0.4) is 0 Å². The first-order chi connectivity index (χ1) is 11.1. The molecule has 23 heavy (non-hydrogen) atoms. The van der Waals surface area contributed by atoms with Crippen LogP contribution in [0.4, 0.5) is 4.79 Å². The largest absolute Gasteiger partial charge is 0.455 e. The van der Waals surface area contributed by atoms with Crippen LogP contribution in [0.5, 0.6) is 0 Å². The van der Waals surface area contributed by atoms with Gasteiger partial charge >= 0.3 is 12.0 Å². The van der Waals surface area contributed by atoms with Gasteiger partial charge in [0.25, 0.3) is 5.91 Å². The van der Waals surface area contributed by atoms with Crippen molar-refractivity contribution in [1.29, 1.82) is 0 Å². The topological polar surface area (TPSA) is 111 Å². The summed E-state index contributed by atoms with van der Waals surface area (Å²) < 4.78 is 9.92. The van der Waals surface area contributed by atoms with Gasteiger partial charge in [-0.2, -0.15) is 0 Å². The molecule has 1 aromatic heterocycles. The van der Waals surface area contributed by atoms with E-state index in [1.54, 1.807) is 24.3 Å². The number of para-hydroxylation sites is 1. The highest BCUT2D eigenvalue weighted by atomic mass is 16.5. The van der Waals surface area contributed by atoms with Crippen molar-refractivity contribution in [3.63, 3.8) is 0 Å². The Balaban J connectivity index is 1.45. The van der Waals surface area contributed by atoms with Crippen molar-refractivity contribution in [3.8, 4) is 0 Å². The van der Waals surface area contributed by atoms with Crippen molar-refractivity contribution in [3.05, 3.63) is 30.0 Å². The number of hydrogen-bond donors (Lipinski definition) is 2. The molecule has 1 heterocycles. The van der Waals surface area contributed by atoms with Crippen LogP contribution in [0.25, 0.3) is 11.0 Å². The van der Waals surface area contributed by atoms with Crippen molar-refractivity contribution in [2.75, 3.05) is 6.61 Å². The molecule has 0 radical (unpaired) electrons. The quantitative estimate of drug-likeness (QED) is 0.793. The van der Waals surface area contributed by atoms with Crippen molar-refractivity contribution < 1.29 is 23.6 Å². The van der Waals surface area contributed by atoms with Crippen LogP contribution in [0, 0.1) is 0 Å². The van der Waals surface area contributed by atoms with Gasteiger partial charge in [-0.1, -0.05) is 17.3 Å². The molecule has 0 bridgehead atoms. The number of fused-ring (bicyclic) bond motifs is 1. The first kappa shape index (κ1) is 15.0. The number of aromatic nitrogens is 1. The predicted molar refractivity (Wildman–Crippen MR) is 78.4 cm³/mol. The maximum atomic E-state index is 11.7. The number of nitrogens with one attached hydrogen (secondary N) is 2. The number of carbonyl (C=O) groups is 3. The van der Waals surface area contributed by atoms with E-state index >= 15 is 0 Å². The fraction of sp³-hybridized carbons (Fsp3) is 0.333. The van der Waals surface area contributed by atoms with Gasteiger partial charge in [0.2, 0.25) is 0 Å². The minimum atomic E-state index is -0.679. The Kier molecular flexibility index (Phi) is 4.22. The van der Waals surface area contributed by atoms with Crippen molar-refractivity contribution in [1.82, 2.24) is 15.8 Å². The number of esters is 1. The van der Waals surface area contributed by atoms with Crippen molar-refractivity contribution >= 4 is 28.9 Å². The first-order valence-electron chi connectivity index (χ1n) is 7.21. The van der Waals surface area contributed by atoms with Crippen molar-refractivity contribution in [2.24, 2.45) is 0 Å². The highest BCUT2D eigenvalue weighted by molar-refractivity contribution is 5.95. The Morgan fingerprint density at radius 2 is 2.04 bits per heavy atom. The zero-order valence-electron chi connectivity index (χ0n) is 12.2. The van der Waals surface area contributed by atoms with Gasteiger partial charge in [-0.05, 0) is 25.0 Å². The zero-order chi connectivity index (χ0) is 16.2. The third-order valence-corrected chi connectivity index (χ3v) is 3.29. The lowest BCUT2D eigenvalue weighted by molar-refractivity contribution is -0.147. The molecular weight excluding hydrogens is 302 g/mol. The predicted octanol–water partition coefficient (Wildman–Crippen LogP) is 0.902. The van der Waals surface area contributed by atoms with E-state index < -0.39 is 24.5 Å². The molecule has 0 saturated heterocycles. The molecule has 3 amide bonds. The molecule has 0 atom stereocenters. The maximum Gasteiger partial charge on any atom is 0.321 e. The van der Waals surface area contributed by atoms with Crippen LogP contribution in [0.1, 0.15) is 18.5 Å². The van der Waals surface area contributed by atoms with E-state index in [1.807, 2.05) is 0 Å². The van der Waals surface area contributed by atoms with E-state index in [2.05, 4.69) is 15.8 Å². The SMILES string of the molecule is O=C(COC(=O)Cc1noc2ccccc12)NC(=O)NC1CC1. The number of imide groups is 1. The summed E-state index contributed by atoms with van der Waals surface area (Å²) in [5, 5.41) is 9.22. The maximum absolute atomic E-state index is 11.7. The summed E-state index contributed by atoms with van der Waals surface area (Å²) in [6.45, 7) is -0.521. The monoisotopic (exact) mass is 317 g/mol. The van der Waals surface area contributed by atoms with Gasteiger partial charge in [0.15, 0.2) is 12.2 Å². The molecule has 1 aromatic carbocycles. The molecule has 8 nitrogen and oxygen atoms in total. The van der Waals surface area contributed by atoms with E-state index in [1.165, 1.54) is 0 Å². The summed E-state index contributed by atoms with van der Waals surface area (Å²) in [5.41, 5.74) is 1.02. The lowest BCUT2D eigenvalue weighted by Crippen LogP contribution is -2.42. The Bertz CT molecular complexity index is 750. The van der Waals surface area contributed by atoms with E-state index in [0.717, 1.165) is 18.2 Å². The molecule has 0 spiro atoms. The highest BCUT2D eigenvalue weighted by Crippen LogP contribution is 2.18. The van der Waals surface area contributed by atoms with Crippen molar-refractivity contribution in [2.45, 2.75) is 25.3 Å². The fourth-order valence-corrected chi connectivity index (χ4v) is 2.01. The summed E-state index contributed by atoms with van der Waals surface area (Å²) in [5.74, 6) is -1.30. The molecule has 1 fully saturated rings. The molecule has 2 aromatic rings. The molecule has 1 aliphatic rings. The van der Waals surface area contributed by atoms with Crippen LogP contribution in [-0.2, 0) is 20.7 Å². The number of carbonyl (C=O) groups excluding carboxylic acids is 3. The molecule has 8 heteroatoms. The lowest BCUT2D eigenvalue weighted by atomic mass is 10.2. The van der Waals surface area contributed by atoms with Crippen LogP contribution in [0.2, 0.25) is 0 Å². The molecular formula is C15H15N3O5. The Labute approximate surface area is 131 Å². The van der Waals surface area contributed by atoms with Gasteiger partial charge in [-0.15, -0.1) is 0 Å². The first-order valence-corrected chi connectivity index (χ1v) is 7.21. The van der Waals surface area contributed by atoms with E-state index in [-0.39, 0.29) is 12.5 Å². The number of benzene rings is 1. The van der Waals surface area contributed by atoms with E-state index in [4.69, 9.17) is 9.26 Å². The van der Waals surface area contributed by atoms with E-state index in [0.29, 0.717) is 11.3 Å². The molecule has 1 aliphatic carbocycles. The zero-order valence-corrected chi connectivity index (χ0v) is 12.2. The second-order valence-corrected chi connectivity index (χ2v) is 5.26. The Hall–Kier alpha value is -2.90. The number of urea groups is 1. The van der Waals surface area contributed by atoms with Gasteiger partial charge in [0.1, 0.15) is 5.69 Å². The molecule has 0 aliphatic heterocycles. The molecule has 1 saturated carbocycles. The number of amides is 3. The Morgan fingerprint density at radius 3 is 2.83 bits per heavy atom. The summed E-state index contributed by atoms with van der Waals surface area (Å²) in [6.07, 6.45) is 1.73. The number of rotatable bonds is 5. The molecule has 0 unspecified atom stereocenters. The van der Waals surface area contributed by atoms with Crippen LogP contribution in [-0.4, -0.2) is 35.7 Å². The molecule has 3 rings (SSSR count). The second-order valence-electron chi connectivity index (χ2n) is 5.26. The summed E-state index contributed by atoms with van der Waals surface area (Å²) in [4.78, 5) is 34.6. The highest BCUT2D eigenvalue weighted by Gasteiger charge is 2.24. The normalized spacial score (nSPS) is 13.6. The van der Waals surface area contributed by atoms with Gasteiger partial charge in [0, 0.05) is 11.4 Å². The van der Waals surface area contributed by atoms with Gasteiger partial charge in [-0.3, -0.25) is 14.9 Å². The summed E-state index contributed by atoms with van der Waals surface area (Å²) in [7, 11) is 0. The summed E-state index contributed by atoms with van der Waals surface area (Å²) in [6, 6.07) is 6.70. The van der Waals surface area contributed by atoms with E-state index in [9.17, 15) is 14.4 Å². The fourth-order valence-electron chi connectivity index (χ4n) is 2.01. The van der Waals surface area contributed by atoms with Crippen LogP contribution >= 0.6 is 0 Å². The minimum Gasteiger partial charge on any atom is -0.455 e. The van der Waals surface area contributed by atoms with Crippen LogP contribution in [0.15, 0.2) is 28.8 Å². The average Bonchev–Trinajstić information content (AvgIpc) is 3.25. The third kappa shape index (κ3) is 4.06. The second kappa shape index (κ2) is 6.47. The molecule has 2 N–H and O–H groups in total. The number of nitrogens with zero attached hydrogens (tertiary/aromatic N) is 1. The van der Waals surface area contributed by atoms with Crippen LogP contribution < -0.4 is 10.6 Å². The lowest BCUT2D eigenvalue weighted by Gasteiger charge is -2.06. The summed E-state index contributed by atoms with van der Waals surface area (Å²) >= 11 is 0. The molecule has 120 valence electrons. The standard InChI is InChI=1S/C15H15N3O5/c19-13(17-15(21)16-9-5-6-9)8-22-14(20)7-11-10-3-1-2-4-12(10)23-18-11/h1-4,9H,5-8H2,(H2,16,17,19,21). The minimum absolute atomic E-state index is 0.113. The third-order valence-electron chi connectivity index (χ3n) is 3.29. The average molecular weight is 317 g/mol.